The highest BCUT2D eigenvalue weighted by Gasteiger charge is 2.23. The van der Waals surface area contributed by atoms with E-state index >= 15 is 0 Å². The summed E-state index contributed by atoms with van der Waals surface area (Å²) < 4.78 is 17.7. The molecule has 0 atom stereocenters. The Morgan fingerprint density at radius 1 is 0.391 bits per heavy atom. The van der Waals surface area contributed by atoms with Crippen LogP contribution in [-0.4, -0.2) is 32.6 Å². The minimum absolute atomic E-state index is 0. The Morgan fingerprint density at radius 2 is 0.688 bits per heavy atom. The van der Waals surface area contributed by atoms with Gasteiger partial charge in [0.15, 0.2) is 0 Å². The van der Waals surface area contributed by atoms with E-state index in [1.54, 1.807) is 0 Å². The fraction of sp³-hybridized carbons (Fsp3) is 0.172. The number of para-hydroxylation sites is 4. The number of fused-ring (bicyclic) bond motifs is 6. The zero-order valence-corrected chi connectivity index (χ0v) is 36.6. The molecule has 8 aromatic carbocycles. The standard InChI is InChI=1S/C57H50N2O4.CH4/c1-34-26-38(5)56(46(30-34)44-28-36(3)32-52(54(44)60)58-48-20-11-7-16-40(48)41-17-8-12-21-49(41)58)62-24-15-25-63-57-39(6)27-35(2)31-47(57)45-29-37(4)33-53(55(45)61)59-50-22-13-9-18-42(50)43-19-10-14-23-51(43)59;/h7-14,16-23,26-33,60-61H,15,24-25H2,1-6H3;1H4. The van der Waals surface area contributed by atoms with Crippen molar-refractivity contribution in [1.82, 2.24) is 9.13 Å². The molecule has 0 aliphatic rings. The third-order valence-electron chi connectivity index (χ3n) is 12.3. The molecule has 2 N–H and O–H groups in total. The van der Waals surface area contributed by atoms with Gasteiger partial charge in [-0.15, -0.1) is 0 Å². The van der Waals surface area contributed by atoms with Gasteiger partial charge in [-0.05, 0) is 136 Å². The van der Waals surface area contributed by atoms with E-state index in [2.05, 4.69) is 160 Å². The van der Waals surface area contributed by atoms with Crippen LogP contribution in [0.1, 0.15) is 47.2 Å². The second kappa shape index (κ2) is 16.7. The summed E-state index contributed by atoms with van der Waals surface area (Å²) in [5.74, 6) is 1.88. The minimum atomic E-state index is 0. The van der Waals surface area contributed by atoms with Crippen LogP contribution in [0.25, 0.3) is 77.2 Å². The monoisotopic (exact) mass is 842 g/mol. The number of aromatic nitrogens is 2. The van der Waals surface area contributed by atoms with Crippen molar-refractivity contribution < 1.29 is 19.7 Å². The van der Waals surface area contributed by atoms with Gasteiger partial charge in [-0.1, -0.05) is 92.4 Å². The maximum absolute atomic E-state index is 12.3. The lowest BCUT2D eigenvalue weighted by atomic mass is 9.96. The van der Waals surface area contributed by atoms with E-state index in [1.807, 2.05) is 36.4 Å². The highest BCUT2D eigenvalue weighted by Crippen LogP contribution is 2.46. The number of hydrogen-bond donors (Lipinski definition) is 2. The molecule has 64 heavy (non-hydrogen) atoms. The number of phenolic OH excluding ortho intramolecular Hbond substituents is 2. The first kappa shape index (κ1) is 41.9. The van der Waals surface area contributed by atoms with Gasteiger partial charge in [0.2, 0.25) is 0 Å². The minimum Gasteiger partial charge on any atom is -0.505 e. The van der Waals surface area contributed by atoms with Crippen molar-refractivity contribution in [2.45, 2.75) is 55.4 Å². The molecular weight excluding hydrogens is 789 g/mol. The maximum atomic E-state index is 12.3. The van der Waals surface area contributed by atoms with Crippen LogP contribution in [0.3, 0.4) is 0 Å². The molecule has 0 bridgehead atoms. The molecule has 0 saturated carbocycles. The van der Waals surface area contributed by atoms with Gasteiger partial charge in [0.25, 0.3) is 0 Å². The van der Waals surface area contributed by atoms with Crippen molar-refractivity contribution in [3.05, 3.63) is 179 Å². The van der Waals surface area contributed by atoms with E-state index in [0.717, 1.165) is 122 Å². The number of phenols is 2. The van der Waals surface area contributed by atoms with Gasteiger partial charge >= 0.3 is 0 Å². The van der Waals surface area contributed by atoms with Crippen molar-refractivity contribution >= 4 is 43.6 Å². The number of aryl methyl sites for hydroxylation is 6. The molecule has 0 radical (unpaired) electrons. The smallest absolute Gasteiger partial charge is 0.147 e. The predicted molar refractivity (Wildman–Crippen MR) is 267 cm³/mol. The first-order valence-corrected chi connectivity index (χ1v) is 21.7. The van der Waals surface area contributed by atoms with Gasteiger partial charge in [0.05, 0.1) is 46.7 Å². The summed E-state index contributed by atoms with van der Waals surface area (Å²) in [5, 5.41) is 29.1. The molecule has 2 heterocycles. The third-order valence-corrected chi connectivity index (χ3v) is 12.3. The van der Waals surface area contributed by atoms with Crippen LogP contribution in [0, 0.1) is 41.5 Å². The summed E-state index contributed by atoms with van der Waals surface area (Å²) in [7, 11) is 0. The van der Waals surface area contributed by atoms with E-state index in [-0.39, 0.29) is 18.9 Å². The molecule has 0 spiro atoms. The average Bonchev–Trinajstić information content (AvgIpc) is 3.79. The molecule has 0 fully saturated rings. The van der Waals surface area contributed by atoms with Crippen LogP contribution in [0.5, 0.6) is 23.0 Å². The van der Waals surface area contributed by atoms with Gasteiger partial charge in [0, 0.05) is 50.2 Å². The largest absolute Gasteiger partial charge is 0.505 e. The quantitative estimate of drug-likeness (QED) is 0.135. The summed E-state index contributed by atoms with van der Waals surface area (Å²) >= 11 is 0. The average molecular weight is 843 g/mol. The molecule has 320 valence electrons. The van der Waals surface area contributed by atoms with Gasteiger partial charge < -0.3 is 28.8 Å². The molecule has 2 aromatic heterocycles. The fourth-order valence-corrected chi connectivity index (χ4v) is 9.73. The van der Waals surface area contributed by atoms with E-state index in [4.69, 9.17) is 9.47 Å². The number of rotatable bonds is 10. The number of benzene rings is 8. The molecule has 0 saturated heterocycles. The van der Waals surface area contributed by atoms with Crippen LogP contribution >= 0.6 is 0 Å². The van der Waals surface area contributed by atoms with Gasteiger partial charge in [0.1, 0.15) is 23.0 Å². The molecule has 0 aliphatic heterocycles. The van der Waals surface area contributed by atoms with E-state index in [1.165, 1.54) is 0 Å². The normalized spacial score (nSPS) is 11.5. The summed E-state index contributed by atoms with van der Waals surface area (Å²) in [4.78, 5) is 0. The van der Waals surface area contributed by atoms with Crippen molar-refractivity contribution in [1.29, 1.82) is 0 Å². The third kappa shape index (κ3) is 7.09. The molecule has 0 unspecified atom stereocenters. The Bertz CT molecular complexity index is 3090. The van der Waals surface area contributed by atoms with Crippen molar-refractivity contribution in [3.63, 3.8) is 0 Å². The second-order valence-corrected chi connectivity index (χ2v) is 17.1. The Hall–Kier alpha value is -7.44. The van der Waals surface area contributed by atoms with Crippen molar-refractivity contribution in [2.24, 2.45) is 0 Å². The number of aromatic hydroxyl groups is 2. The first-order chi connectivity index (χ1) is 30.6. The summed E-state index contributed by atoms with van der Waals surface area (Å²) in [6.45, 7) is 13.2. The van der Waals surface area contributed by atoms with Crippen LogP contribution in [0.15, 0.2) is 146 Å². The summed E-state index contributed by atoms with van der Waals surface area (Å²) in [5.41, 5.74) is 15.0. The molecule has 10 rings (SSSR count). The molecule has 6 heteroatoms. The van der Waals surface area contributed by atoms with E-state index < -0.39 is 0 Å². The van der Waals surface area contributed by atoms with Crippen LogP contribution < -0.4 is 9.47 Å². The number of hydrogen-bond acceptors (Lipinski definition) is 4. The first-order valence-electron chi connectivity index (χ1n) is 21.7. The predicted octanol–water partition coefficient (Wildman–Crippen LogP) is 15.0. The molecule has 10 aromatic rings. The zero-order chi connectivity index (χ0) is 43.5. The summed E-state index contributed by atoms with van der Waals surface area (Å²) in [6, 6.07) is 50.1. The lowest BCUT2D eigenvalue weighted by Crippen LogP contribution is -2.08. The van der Waals surface area contributed by atoms with Crippen LogP contribution in [-0.2, 0) is 0 Å². The lowest BCUT2D eigenvalue weighted by molar-refractivity contribution is 0.247. The van der Waals surface area contributed by atoms with Gasteiger partial charge in [-0.3, -0.25) is 0 Å². The molecular formula is C58H54N2O4. The van der Waals surface area contributed by atoms with Crippen LogP contribution in [0.4, 0.5) is 0 Å². The molecule has 0 amide bonds. The highest BCUT2D eigenvalue weighted by atomic mass is 16.5. The number of ether oxygens (including phenoxy) is 2. The van der Waals surface area contributed by atoms with Gasteiger partial charge in [-0.2, -0.15) is 0 Å². The molecule has 6 nitrogen and oxygen atoms in total. The van der Waals surface area contributed by atoms with Gasteiger partial charge in [-0.25, -0.2) is 0 Å². The second-order valence-electron chi connectivity index (χ2n) is 17.1. The highest BCUT2D eigenvalue weighted by molar-refractivity contribution is 6.10. The summed E-state index contributed by atoms with van der Waals surface area (Å²) in [6.07, 6.45) is 0.609. The van der Waals surface area contributed by atoms with Crippen molar-refractivity contribution in [2.75, 3.05) is 13.2 Å². The number of nitrogens with zero attached hydrogens (tertiary/aromatic N) is 2. The Kier molecular flexibility index (Phi) is 10.9. The van der Waals surface area contributed by atoms with E-state index in [9.17, 15) is 10.2 Å². The Morgan fingerprint density at radius 3 is 1.03 bits per heavy atom. The maximum Gasteiger partial charge on any atom is 0.147 e. The lowest BCUT2D eigenvalue weighted by Gasteiger charge is -2.20. The topological polar surface area (TPSA) is 68.8 Å². The van der Waals surface area contributed by atoms with E-state index in [0.29, 0.717) is 19.6 Å². The van der Waals surface area contributed by atoms with Crippen molar-refractivity contribution in [3.8, 4) is 56.6 Å². The Labute approximate surface area is 375 Å². The van der Waals surface area contributed by atoms with Crippen LogP contribution in [0.2, 0.25) is 0 Å². The fourth-order valence-electron chi connectivity index (χ4n) is 9.73. The molecule has 0 aliphatic carbocycles. The Balaban J connectivity index is 0.00000518. The SMILES string of the molecule is C.Cc1cc(C)c(OCCCOc2c(C)cc(C)cc2-c2cc(C)cc(-n3c4ccccc4c4ccccc43)c2O)c(-c2cc(C)cc(-n3c4ccccc4c4ccccc43)c2O)c1. The zero-order valence-electron chi connectivity index (χ0n) is 36.6.